The molecule has 2 fully saturated rings. The van der Waals surface area contributed by atoms with Gasteiger partial charge in [0.05, 0.1) is 26.4 Å². The smallest absolute Gasteiger partial charge is 0.349 e. The number of benzene rings is 2. The van der Waals surface area contributed by atoms with Gasteiger partial charge in [0.15, 0.2) is 5.69 Å². The van der Waals surface area contributed by atoms with Crippen molar-refractivity contribution in [3.8, 4) is 5.75 Å². The summed E-state index contributed by atoms with van der Waals surface area (Å²) in [5.74, 6) is -0.0148. The number of hydrogen-bond acceptors (Lipinski definition) is 10. The molecule has 0 spiro atoms. The third-order valence-corrected chi connectivity index (χ3v) is 10.2. The lowest BCUT2D eigenvalue weighted by Crippen LogP contribution is -2.55. The zero-order valence-corrected chi connectivity index (χ0v) is 30.1. The van der Waals surface area contributed by atoms with Gasteiger partial charge in [-0.25, -0.2) is 4.79 Å². The van der Waals surface area contributed by atoms with E-state index in [9.17, 15) is 14.4 Å². The average Bonchev–Trinajstić information content (AvgIpc) is 3.46. The molecule has 4 heterocycles. The standard InChI is InChI=1S/C38H50N6O7/c1-5-44(6-2)29-14-13-25-21-31(38(47)51-33(25)24-29)36(45)39-15-16-48-17-18-49-19-20-50-32-12-8-11-30-34(41-43(4)35(30)32)37(46)40-26-22-27-9-7-10-28(23-26)42(27)3/h8,11-14,21,24,26-28H,5-7,9-10,15-20,22-23H2,1-4H3,(H,39,45)(H,40,46)/t26?,27-,28+. The van der Waals surface area contributed by atoms with Crippen molar-refractivity contribution in [2.75, 3.05) is 64.6 Å². The Morgan fingerprint density at radius 2 is 1.67 bits per heavy atom. The topological polar surface area (TPSA) is 140 Å². The number of aryl methyl sites for hydroxylation is 1. The molecule has 2 bridgehead atoms. The van der Waals surface area contributed by atoms with Crippen LogP contribution >= 0.6 is 0 Å². The van der Waals surface area contributed by atoms with E-state index < -0.39 is 11.5 Å². The minimum atomic E-state index is -0.677. The maximum atomic E-state index is 13.4. The summed E-state index contributed by atoms with van der Waals surface area (Å²) in [5.41, 5.74) is 1.86. The number of carbonyl (C=O) groups excluding carboxylic acids is 2. The molecule has 3 atom stereocenters. The first kappa shape index (κ1) is 36.3. The first-order valence-electron chi connectivity index (χ1n) is 18.1. The molecule has 0 aliphatic carbocycles. The van der Waals surface area contributed by atoms with Crippen molar-refractivity contribution >= 4 is 39.4 Å². The van der Waals surface area contributed by atoms with Gasteiger partial charge < -0.3 is 39.1 Å². The predicted molar refractivity (Wildman–Crippen MR) is 196 cm³/mol. The Bertz CT molecular complexity index is 1870. The number of para-hydroxylation sites is 1. The van der Waals surface area contributed by atoms with Crippen LogP contribution in [0.25, 0.3) is 21.9 Å². The SMILES string of the molecule is CCN(CC)c1ccc2cc(C(=O)NCCOCCOCCOc3cccc4c(C(=O)NC5C[C@H]6CCC[C@@H](C5)N6C)nn(C)c34)c(=O)oc2c1. The molecule has 4 aromatic rings. The van der Waals surface area contributed by atoms with Crippen LogP contribution in [0.5, 0.6) is 5.75 Å². The van der Waals surface area contributed by atoms with Crippen LogP contribution in [0.15, 0.2) is 51.7 Å². The number of fused-ring (bicyclic) bond motifs is 4. The number of carbonyl (C=O) groups is 2. The fourth-order valence-electron chi connectivity index (χ4n) is 7.48. The molecule has 2 aliphatic heterocycles. The van der Waals surface area contributed by atoms with Crippen LogP contribution < -0.4 is 25.9 Å². The van der Waals surface area contributed by atoms with Crippen molar-refractivity contribution in [2.45, 2.75) is 64.1 Å². The highest BCUT2D eigenvalue weighted by Crippen LogP contribution is 2.33. The molecule has 13 heteroatoms. The van der Waals surface area contributed by atoms with Gasteiger partial charge in [-0.1, -0.05) is 18.6 Å². The fraction of sp³-hybridized carbons (Fsp3) is 0.526. The minimum absolute atomic E-state index is 0.0442. The third kappa shape index (κ3) is 8.37. The maximum absolute atomic E-state index is 13.4. The lowest BCUT2D eigenvalue weighted by Gasteiger charge is -2.47. The van der Waals surface area contributed by atoms with E-state index in [1.165, 1.54) is 19.3 Å². The van der Waals surface area contributed by atoms with Gasteiger partial charge in [0.25, 0.3) is 11.8 Å². The van der Waals surface area contributed by atoms with Crippen molar-refractivity contribution in [1.29, 1.82) is 0 Å². The second-order valence-corrected chi connectivity index (χ2v) is 13.3. The molecule has 51 heavy (non-hydrogen) atoms. The number of ether oxygens (including phenoxy) is 3. The third-order valence-electron chi connectivity index (χ3n) is 10.2. The van der Waals surface area contributed by atoms with E-state index in [-0.39, 0.29) is 30.7 Å². The van der Waals surface area contributed by atoms with E-state index in [4.69, 9.17) is 18.6 Å². The first-order chi connectivity index (χ1) is 24.8. The number of hydrogen-bond donors (Lipinski definition) is 2. The van der Waals surface area contributed by atoms with Gasteiger partial charge in [0, 0.05) is 67.3 Å². The summed E-state index contributed by atoms with van der Waals surface area (Å²) in [4.78, 5) is 43.2. The molecule has 6 rings (SSSR count). The van der Waals surface area contributed by atoms with E-state index in [0.717, 1.165) is 42.5 Å². The normalized spacial score (nSPS) is 18.9. The quantitative estimate of drug-likeness (QED) is 0.130. The Kier molecular flexibility index (Phi) is 11.9. The number of nitrogens with one attached hydrogen (secondary N) is 2. The van der Waals surface area contributed by atoms with Gasteiger partial charge in [-0.3, -0.25) is 14.3 Å². The van der Waals surface area contributed by atoms with Crippen molar-refractivity contribution in [3.05, 3.63) is 64.1 Å². The van der Waals surface area contributed by atoms with Gasteiger partial charge in [0.2, 0.25) is 0 Å². The van der Waals surface area contributed by atoms with Crippen molar-refractivity contribution in [3.63, 3.8) is 0 Å². The minimum Gasteiger partial charge on any atom is -0.489 e. The summed E-state index contributed by atoms with van der Waals surface area (Å²) in [6.07, 6.45) is 5.60. The van der Waals surface area contributed by atoms with Gasteiger partial charge in [-0.05, 0) is 70.8 Å². The molecular formula is C38H50N6O7. The molecule has 0 saturated carbocycles. The maximum Gasteiger partial charge on any atom is 0.349 e. The van der Waals surface area contributed by atoms with Gasteiger partial charge in [-0.15, -0.1) is 0 Å². The van der Waals surface area contributed by atoms with E-state index in [1.54, 1.807) is 10.7 Å². The van der Waals surface area contributed by atoms with Crippen molar-refractivity contribution in [1.82, 2.24) is 25.3 Å². The van der Waals surface area contributed by atoms with Crippen LogP contribution in [0.4, 0.5) is 5.69 Å². The van der Waals surface area contributed by atoms with Gasteiger partial charge in [-0.2, -0.15) is 5.10 Å². The Morgan fingerprint density at radius 1 is 0.941 bits per heavy atom. The number of amides is 2. The van der Waals surface area contributed by atoms with Crippen molar-refractivity contribution < 1.29 is 28.2 Å². The zero-order valence-electron chi connectivity index (χ0n) is 30.1. The van der Waals surface area contributed by atoms with E-state index in [1.807, 2.05) is 43.4 Å². The van der Waals surface area contributed by atoms with Crippen LogP contribution in [0.3, 0.4) is 0 Å². The molecule has 0 radical (unpaired) electrons. The summed E-state index contributed by atoms with van der Waals surface area (Å²) < 4.78 is 24.5. The molecule has 2 aromatic carbocycles. The Balaban J connectivity index is 0.895. The number of rotatable bonds is 16. The number of aromatic nitrogens is 2. The number of nitrogens with zero attached hydrogens (tertiary/aromatic N) is 4. The summed E-state index contributed by atoms with van der Waals surface area (Å²) in [6.45, 7) is 7.62. The molecule has 2 aliphatic rings. The summed E-state index contributed by atoms with van der Waals surface area (Å²) in [6, 6.07) is 14.1. The largest absolute Gasteiger partial charge is 0.489 e. The summed E-state index contributed by atoms with van der Waals surface area (Å²) >= 11 is 0. The number of anilines is 1. The molecule has 13 nitrogen and oxygen atoms in total. The summed E-state index contributed by atoms with van der Waals surface area (Å²) in [7, 11) is 4.03. The monoisotopic (exact) mass is 702 g/mol. The van der Waals surface area contributed by atoms with Gasteiger partial charge in [0.1, 0.15) is 29.0 Å². The highest BCUT2D eigenvalue weighted by atomic mass is 16.5. The van der Waals surface area contributed by atoms with Crippen LogP contribution in [0.2, 0.25) is 0 Å². The fourth-order valence-corrected chi connectivity index (χ4v) is 7.48. The van der Waals surface area contributed by atoms with Crippen molar-refractivity contribution in [2.24, 2.45) is 7.05 Å². The van der Waals surface area contributed by atoms with Gasteiger partial charge >= 0.3 is 5.63 Å². The predicted octanol–water partition coefficient (Wildman–Crippen LogP) is 4.11. The molecule has 1 unspecified atom stereocenters. The molecular weight excluding hydrogens is 652 g/mol. The van der Waals surface area contributed by atoms with Crippen LogP contribution in [-0.4, -0.2) is 104 Å². The first-order valence-corrected chi connectivity index (χ1v) is 18.1. The Hall–Kier alpha value is -4.46. The molecule has 2 aromatic heterocycles. The van der Waals surface area contributed by atoms with Crippen LogP contribution in [0, 0.1) is 0 Å². The number of piperidine rings is 2. The van der Waals surface area contributed by atoms with E-state index in [0.29, 0.717) is 60.9 Å². The lowest BCUT2D eigenvalue weighted by atomic mass is 9.82. The van der Waals surface area contributed by atoms with Crippen LogP contribution in [0.1, 0.15) is 66.8 Å². The zero-order chi connectivity index (χ0) is 35.9. The van der Waals surface area contributed by atoms with Crippen LogP contribution in [-0.2, 0) is 16.5 Å². The second-order valence-electron chi connectivity index (χ2n) is 13.3. The molecule has 2 N–H and O–H groups in total. The van der Waals surface area contributed by atoms with E-state index in [2.05, 4.69) is 46.4 Å². The highest BCUT2D eigenvalue weighted by molar-refractivity contribution is 6.06. The lowest BCUT2D eigenvalue weighted by molar-refractivity contribution is 0.0371. The second kappa shape index (κ2) is 16.7. The van der Waals surface area contributed by atoms with E-state index >= 15 is 0 Å². The Morgan fingerprint density at radius 3 is 2.41 bits per heavy atom. The molecule has 2 saturated heterocycles. The average molecular weight is 703 g/mol. The molecule has 274 valence electrons. The molecule has 2 amide bonds. The Labute approximate surface area is 298 Å². The summed E-state index contributed by atoms with van der Waals surface area (Å²) in [5, 5.41) is 12.0. The highest BCUT2D eigenvalue weighted by Gasteiger charge is 2.37.